The zero-order valence-corrected chi connectivity index (χ0v) is 15.7. The first-order valence-electron chi connectivity index (χ1n) is 8.81. The van der Waals surface area contributed by atoms with Gasteiger partial charge in [-0.1, -0.05) is 0 Å². The van der Waals surface area contributed by atoms with E-state index in [0.717, 1.165) is 19.6 Å². The molecule has 2 aromatic rings. The summed E-state index contributed by atoms with van der Waals surface area (Å²) >= 11 is 1.50. The minimum absolute atomic E-state index is 0.0528. The molecule has 1 aliphatic heterocycles. The lowest BCUT2D eigenvalue weighted by molar-refractivity contribution is -0.135. The van der Waals surface area contributed by atoms with Gasteiger partial charge in [0, 0.05) is 50.2 Å². The summed E-state index contributed by atoms with van der Waals surface area (Å²) < 4.78 is 18.3. The molecule has 0 spiro atoms. The van der Waals surface area contributed by atoms with Crippen LogP contribution < -0.4 is 10.1 Å². The number of piperazine rings is 1. The number of halogens is 1. The molecule has 1 aromatic heterocycles. The molecule has 27 heavy (non-hydrogen) atoms. The molecule has 0 radical (unpaired) electrons. The maximum Gasteiger partial charge on any atom is 0.260 e. The lowest BCUT2D eigenvalue weighted by Crippen LogP contribution is -2.51. The molecule has 1 N–H and O–H groups in total. The molecular weight excluding hydrogens is 369 g/mol. The van der Waals surface area contributed by atoms with Gasteiger partial charge in [-0.05, 0) is 35.7 Å². The minimum atomic E-state index is -0.337. The highest BCUT2D eigenvalue weighted by Gasteiger charge is 2.21. The molecule has 1 aromatic carbocycles. The number of hydrogen-bond donors (Lipinski definition) is 1. The predicted octanol–water partition coefficient (Wildman–Crippen LogP) is 1.84. The average Bonchev–Trinajstić information content (AvgIpc) is 3.23. The topological polar surface area (TPSA) is 61.9 Å². The van der Waals surface area contributed by atoms with Crippen LogP contribution in [0.2, 0.25) is 0 Å². The summed E-state index contributed by atoms with van der Waals surface area (Å²) in [5.74, 6) is 0.00815. The van der Waals surface area contributed by atoms with E-state index in [-0.39, 0.29) is 24.2 Å². The molecule has 1 saturated heterocycles. The van der Waals surface area contributed by atoms with E-state index in [1.54, 1.807) is 11.0 Å². The van der Waals surface area contributed by atoms with E-state index >= 15 is 0 Å². The molecule has 2 amide bonds. The summed E-state index contributed by atoms with van der Waals surface area (Å²) in [5.41, 5.74) is 0.691. The van der Waals surface area contributed by atoms with E-state index in [1.807, 2.05) is 10.8 Å². The van der Waals surface area contributed by atoms with Crippen molar-refractivity contribution in [1.29, 1.82) is 0 Å². The van der Waals surface area contributed by atoms with Gasteiger partial charge in [0.05, 0.1) is 0 Å². The molecule has 1 fully saturated rings. The summed E-state index contributed by atoms with van der Waals surface area (Å²) in [4.78, 5) is 28.1. The highest BCUT2D eigenvalue weighted by atomic mass is 32.1. The fourth-order valence-electron chi connectivity index (χ4n) is 2.81. The number of rotatable bonds is 7. The van der Waals surface area contributed by atoms with Crippen molar-refractivity contribution in [2.24, 2.45) is 0 Å². The van der Waals surface area contributed by atoms with Crippen LogP contribution in [0.25, 0.3) is 0 Å². The molecule has 1 aliphatic rings. The number of carbonyl (C=O) groups is 2. The first-order valence-corrected chi connectivity index (χ1v) is 9.75. The third-order valence-electron chi connectivity index (χ3n) is 4.40. The van der Waals surface area contributed by atoms with Crippen molar-refractivity contribution in [2.75, 3.05) is 45.9 Å². The number of hydrogen-bond acceptors (Lipinski definition) is 5. The van der Waals surface area contributed by atoms with Crippen LogP contribution in [-0.2, 0) is 4.79 Å². The van der Waals surface area contributed by atoms with Crippen molar-refractivity contribution in [3.05, 3.63) is 52.5 Å². The van der Waals surface area contributed by atoms with E-state index in [9.17, 15) is 14.0 Å². The van der Waals surface area contributed by atoms with Gasteiger partial charge in [-0.25, -0.2) is 4.39 Å². The second-order valence-corrected chi connectivity index (χ2v) is 7.01. The summed E-state index contributed by atoms with van der Waals surface area (Å²) in [6.45, 7) is 4.06. The highest BCUT2D eigenvalue weighted by Crippen LogP contribution is 2.11. The zero-order valence-electron chi connectivity index (χ0n) is 14.9. The highest BCUT2D eigenvalue weighted by molar-refractivity contribution is 7.08. The number of benzene rings is 1. The van der Waals surface area contributed by atoms with Gasteiger partial charge in [0.25, 0.3) is 11.8 Å². The fraction of sp³-hybridized carbons (Fsp3) is 0.368. The van der Waals surface area contributed by atoms with Crippen LogP contribution in [0.4, 0.5) is 4.39 Å². The van der Waals surface area contributed by atoms with Crippen LogP contribution in [0.15, 0.2) is 41.1 Å². The van der Waals surface area contributed by atoms with E-state index in [1.165, 1.54) is 35.6 Å². The first kappa shape index (κ1) is 19.3. The normalized spacial score (nSPS) is 14.8. The van der Waals surface area contributed by atoms with Crippen molar-refractivity contribution in [3.8, 4) is 5.75 Å². The number of thiophene rings is 1. The van der Waals surface area contributed by atoms with Gasteiger partial charge in [0.15, 0.2) is 6.61 Å². The van der Waals surface area contributed by atoms with Crippen LogP contribution >= 0.6 is 11.3 Å². The summed E-state index contributed by atoms with van der Waals surface area (Å²) in [6, 6.07) is 7.42. The molecule has 0 unspecified atom stereocenters. The molecule has 144 valence electrons. The fourth-order valence-corrected chi connectivity index (χ4v) is 3.45. The lowest BCUT2D eigenvalue weighted by atomic mass is 10.3. The standard InChI is InChI=1S/C19H22FN3O3S/c20-16-1-3-17(4-2-16)26-13-18(24)23-10-8-22(9-11-23)7-6-21-19(25)15-5-12-27-14-15/h1-5,12,14H,6-11,13H2,(H,21,25). The Labute approximate surface area is 161 Å². The molecule has 3 rings (SSSR count). The minimum Gasteiger partial charge on any atom is -0.484 e. The van der Waals surface area contributed by atoms with Gasteiger partial charge in [-0.3, -0.25) is 14.5 Å². The van der Waals surface area contributed by atoms with Crippen molar-refractivity contribution in [1.82, 2.24) is 15.1 Å². The van der Waals surface area contributed by atoms with Crippen LogP contribution in [0.3, 0.4) is 0 Å². The number of carbonyl (C=O) groups excluding carboxylic acids is 2. The van der Waals surface area contributed by atoms with Crippen molar-refractivity contribution >= 4 is 23.2 Å². The third-order valence-corrected chi connectivity index (χ3v) is 5.08. The van der Waals surface area contributed by atoms with Crippen molar-refractivity contribution < 1.29 is 18.7 Å². The molecule has 2 heterocycles. The summed E-state index contributed by atoms with van der Waals surface area (Å²) in [6.07, 6.45) is 0. The van der Waals surface area contributed by atoms with E-state index in [0.29, 0.717) is 30.9 Å². The van der Waals surface area contributed by atoms with Crippen LogP contribution in [0, 0.1) is 5.82 Å². The molecule has 0 bridgehead atoms. The number of nitrogens with one attached hydrogen (secondary N) is 1. The third kappa shape index (κ3) is 5.77. The summed E-state index contributed by atoms with van der Waals surface area (Å²) in [5, 5.41) is 6.61. The molecule has 0 aliphatic carbocycles. The Morgan fingerprint density at radius 1 is 1.11 bits per heavy atom. The Hall–Kier alpha value is -2.45. The molecule has 0 saturated carbocycles. The second-order valence-electron chi connectivity index (χ2n) is 6.23. The van der Waals surface area contributed by atoms with Gasteiger partial charge < -0.3 is 15.0 Å². The van der Waals surface area contributed by atoms with Crippen LogP contribution in [0.1, 0.15) is 10.4 Å². The summed E-state index contributed by atoms with van der Waals surface area (Å²) in [7, 11) is 0. The van der Waals surface area contributed by atoms with E-state index in [4.69, 9.17) is 4.74 Å². The van der Waals surface area contributed by atoms with Gasteiger partial charge in [0.1, 0.15) is 11.6 Å². The largest absolute Gasteiger partial charge is 0.484 e. The smallest absolute Gasteiger partial charge is 0.260 e. The monoisotopic (exact) mass is 391 g/mol. The van der Waals surface area contributed by atoms with E-state index in [2.05, 4.69) is 10.2 Å². The Kier molecular flexibility index (Phi) is 6.78. The van der Waals surface area contributed by atoms with Gasteiger partial charge in [-0.15, -0.1) is 0 Å². The number of ether oxygens (including phenoxy) is 1. The van der Waals surface area contributed by atoms with Crippen LogP contribution in [-0.4, -0.2) is 67.5 Å². The molecular formula is C19H22FN3O3S. The maximum absolute atomic E-state index is 12.9. The van der Waals surface area contributed by atoms with E-state index < -0.39 is 0 Å². The Balaban J connectivity index is 1.32. The average molecular weight is 391 g/mol. The molecule has 0 atom stereocenters. The maximum atomic E-state index is 12.9. The van der Waals surface area contributed by atoms with Gasteiger partial charge in [0.2, 0.25) is 0 Å². The first-order chi connectivity index (χ1) is 13.1. The number of nitrogens with zero attached hydrogens (tertiary/aromatic N) is 2. The molecule has 6 nitrogen and oxygen atoms in total. The van der Waals surface area contributed by atoms with Gasteiger partial charge >= 0.3 is 0 Å². The van der Waals surface area contributed by atoms with Gasteiger partial charge in [-0.2, -0.15) is 11.3 Å². The Morgan fingerprint density at radius 2 is 1.85 bits per heavy atom. The lowest BCUT2D eigenvalue weighted by Gasteiger charge is -2.34. The SMILES string of the molecule is O=C(NCCN1CCN(C(=O)COc2ccc(F)cc2)CC1)c1ccsc1. The van der Waals surface area contributed by atoms with Crippen LogP contribution in [0.5, 0.6) is 5.75 Å². The second kappa shape index (κ2) is 9.48. The number of amides is 2. The Bertz CT molecular complexity index is 744. The molecule has 8 heteroatoms. The van der Waals surface area contributed by atoms with Crippen molar-refractivity contribution in [2.45, 2.75) is 0 Å². The zero-order chi connectivity index (χ0) is 19.1. The predicted molar refractivity (Wildman–Crippen MR) is 102 cm³/mol. The van der Waals surface area contributed by atoms with Crippen molar-refractivity contribution in [3.63, 3.8) is 0 Å². The quantitative estimate of drug-likeness (QED) is 0.782. The Morgan fingerprint density at radius 3 is 2.52 bits per heavy atom.